The van der Waals surface area contributed by atoms with Crippen molar-refractivity contribution < 1.29 is 9.47 Å². The van der Waals surface area contributed by atoms with Gasteiger partial charge in [-0.15, -0.1) is 0 Å². The molecule has 3 nitrogen and oxygen atoms in total. The number of nitrogens with zero attached hydrogens (tertiary/aromatic N) is 1. The molecule has 19 heavy (non-hydrogen) atoms. The van der Waals surface area contributed by atoms with Gasteiger partial charge in [-0.2, -0.15) is 0 Å². The van der Waals surface area contributed by atoms with Crippen LogP contribution in [0.25, 0.3) is 12.2 Å². The maximum atomic E-state index is 5.33. The van der Waals surface area contributed by atoms with E-state index < -0.39 is 0 Å². The van der Waals surface area contributed by atoms with Gasteiger partial charge in [0.1, 0.15) is 0 Å². The van der Waals surface area contributed by atoms with Crippen molar-refractivity contribution in [1.82, 2.24) is 4.98 Å². The topological polar surface area (TPSA) is 31.4 Å². The molecule has 0 radical (unpaired) electrons. The van der Waals surface area contributed by atoms with Gasteiger partial charge in [0.25, 0.3) is 0 Å². The zero-order valence-electron chi connectivity index (χ0n) is 10.3. The van der Waals surface area contributed by atoms with Gasteiger partial charge in [-0.3, -0.25) is 4.98 Å². The lowest BCUT2D eigenvalue weighted by atomic mass is 10.2. The summed E-state index contributed by atoms with van der Waals surface area (Å²) >= 11 is 0. The Kier molecular flexibility index (Phi) is 3.28. The van der Waals surface area contributed by atoms with E-state index in [-0.39, 0.29) is 0 Å². The number of aromatic nitrogens is 1. The maximum Gasteiger partial charge on any atom is 0.231 e. The maximum absolute atomic E-state index is 5.33. The highest BCUT2D eigenvalue weighted by molar-refractivity contribution is 5.59. The number of rotatable bonds is 3. The van der Waals surface area contributed by atoms with Crippen molar-refractivity contribution >= 4 is 12.2 Å². The summed E-state index contributed by atoms with van der Waals surface area (Å²) in [6, 6.07) is 11.7. The van der Waals surface area contributed by atoms with Crippen molar-refractivity contribution in [2.24, 2.45) is 0 Å². The van der Waals surface area contributed by atoms with E-state index in [4.69, 9.17) is 9.47 Å². The van der Waals surface area contributed by atoms with Crippen LogP contribution in [0.15, 0.2) is 54.7 Å². The Balaban J connectivity index is 1.68. The molecular weight excluding hydrogens is 238 g/mol. The van der Waals surface area contributed by atoms with E-state index in [1.54, 1.807) is 6.20 Å². The molecule has 0 saturated carbocycles. The summed E-state index contributed by atoms with van der Waals surface area (Å²) in [6.07, 6.45) is 9.70. The van der Waals surface area contributed by atoms with Crippen molar-refractivity contribution in [2.75, 3.05) is 6.79 Å². The second-order valence-electron chi connectivity index (χ2n) is 4.09. The molecule has 94 valence electrons. The molecule has 0 aliphatic carbocycles. The SMILES string of the molecule is C(/C=C/c1ccccn1)=C\c1ccc2c(c1)OCO2. The number of ether oxygens (including phenoxy) is 2. The van der Waals surface area contributed by atoms with Crippen LogP contribution in [0.1, 0.15) is 11.3 Å². The van der Waals surface area contributed by atoms with Crippen LogP contribution in [0.4, 0.5) is 0 Å². The lowest BCUT2D eigenvalue weighted by Crippen LogP contribution is -1.92. The first-order valence-corrected chi connectivity index (χ1v) is 6.07. The smallest absolute Gasteiger partial charge is 0.231 e. The molecule has 0 bridgehead atoms. The molecule has 0 saturated heterocycles. The van der Waals surface area contributed by atoms with Gasteiger partial charge >= 0.3 is 0 Å². The van der Waals surface area contributed by atoms with Crippen LogP contribution in [0.5, 0.6) is 11.5 Å². The molecular formula is C16H13NO2. The average Bonchev–Trinajstić information content (AvgIpc) is 2.92. The third-order valence-corrected chi connectivity index (χ3v) is 2.75. The first-order valence-electron chi connectivity index (χ1n) is 6.07. The molecule has 3 heteroatoms. The molecule has 0 atom stereocenters. The Morgan fingerprint density at radius 3 is 2.74 bits per heavy atom. The van der Waals surface area contributed by atoms with E-state index in [2.05, 4.69) is 4.98 Å². The molecule has 0 unspecified atom stereocenters. The van der Waals surface area contributed by atoms with Crippen molar-refractivity contribution in [3.8, 4) is 11.5 Å². The van der Waals surface area contributed by atoms with Gasteiger partial charge in [-0.1, -0.05) is 30.4 Å². The fourth-order valence-corrected chi connectivity index (χ4v) is 1.81. The number of hydrogen-bond donors (Lipinski definition) is 0. The zero-order chi connectivity index (χ0) is 12.9. The third-order valence-electron chi connectivity index (χ3n) is 2.75. The molecule has 3 rings (SSSR count). The van der Waals surface area contributed by atoms with Gasteiger partial charge < -0.3 is 9.47 Å². The number of pyridine rings is 1. The Bertz CT molecular complexity index is 618. The summed E-state index contributed by atoms with van der Waals surface area (Å²) < 4.78 is 10.6. The van der Waals surface area contributed by atoms with Crippen LogP contribution in [-0.4, -0.2) is 11.8 Å². The molecule has 0 fully saturated rings. The third kappa shape index (κ3) is 2.83. The molecule has 1 aliphatic rings. The number of hydrogen-bond acceptors (Lipinski definition) is 3. The highest BCUT2D eigenvalue weighted by atomic mass is 16.7. The molecule has 1 aromatic carbocycles. The minimum Gasteiger partial charge on any atom is -0.454 e. The van der Waals surface area contributed by atoms with Gasteiger partial charge in [0.05, 0.1) is 5.69 Å². The summed E-state index contributed by atoms with van der Waals surface area (Å²) in [5.74, 6) is 1.61. The number of benzene rings is 1. The van der Waals surface area contributed by atoms with Crippen LogP contribution in [0, 0.1) is 0 Å². The van der Waals surface area contributed by atoms with E-state index in [0.29, 0.717) is 6.79 Å². The number of fused-ring (bicyclic) bond motifs is 1. The fraction of sp³-hybridized carbons (Fsp3) is 0.0625. The van der Waals surface area contributed by atoms with Crippen LogP contribution in [0.2, 0.25) is 0 Å². The van der Waals surface area contributed by atoms with Crippen molar-refractivity contribution in [1.29, 1.82) is 0 Å². The van der Waals surface area contributed by atoms with Crippen LogP contribution >= 0.6 is 0 Å². The predicted molar refractivity (Wildman–Crippen MR) is 74.9 cm³/mol. The monoisotopic (exact) mass is 251 g/mol. The zero-order valence-corrected chi connectivity index (χ0v) is 10.3. The lowest BCUT2D eigenvalue weighted by Gasteiger charge is -1.96. The van der Waals surface area contributed by atoms with E-state index in [1.165, 1.54) is 0 Å². The van der Waals surface area contributed by atoms with Gasteiger partial charge in [-0.25, -0.2) is 0 Å². The second kappa shape index (κ2) is 5.40. The normalized spacial score (nSPS) is 13.5. The fourth-order valence-electron chi connectivity index (χ4n) is 1.81. The summed E-state index contributed by atoms with van der Waals surface area (Å²) in [7, 11) is 0. The minimum absolute atomic E-state index is 0.308. The van der Waals surface area contributed by atoms with E-state index in [0.717, 1.165) is 22.8 Å². The number of allylic oxidation sites excluding steroid dienone is 2. The van der Waals surface area contributed by atoms with Gasteiger partial charge in [-0.05, 0) is 35.9 Å². The Hall–Kier alpha value is -2.55. The lowest BCUT2D eigenvalue weighted by molar-refractivity contribution is 0.174. The average molecular weight is 251 g/mol. The molecule has 1 aromatic heterocycles. The highest BCUT2D eigenvalue weighted by Gasteiger charge is 2.11. The Morgan fingerprint density at radius 1 is 0.947 bits per heavy atom. The summed E-state index contributed by atoms with van der Waals surface area (Å²) in [5.41, 5.74) is 2.02. The summed E-state index contributed by atoms with van der Waals surface area (Å²) in [6.45, 7) is 0.308. The second-order valence-corrected chi connectivity index (χ2v) is 4.09. The quantitative estimate of drug-likeness (QED) is 0.782. The van der Waals surface area contributed by atoms with Crippen LogP contribution in [0.3, 0.4) is 0 Å². The van der Waals surface area contributed by atoms with Gasteiger partial charge in [0.15, 0.2) is 11.5 Å². The Labute approximate surface area is 111 Å². The molecule has 0 amide bonds. The molecule has 0 N–H and O–H groups in total. The largest absolute Gasteiger partial charge is 0.454 e. The molecule has 1 aliphatic heterocycles. The summed E-state index contributed by atoms with van der Waals surface area (Å²) in [5, 5.41) is 0. The van der Waals surface area contributed by atoms with Gasteiger partial charge in [0, 0.05) is 6.20 Å². The standard InChI is InChI=1S/C16H13NO2/c1(2-6-14-7-3-4-10-17-14)5-13-8-9-15-16(11-13)19-12-18-15/h1-11H,12H2/b5-1+,6-2+. The minimum atomic E-state index is 0.308. The van der Waals surface area contributed by atoms with E-state index >= 15 is 0 Å². The van der Waals surface area contributed by atoms with Crippen LogP contribution in [-0.2, 0) is 0 Å². The van der Waals surface area contributed by atoms with Crippen molar-refractivity contribution in [3.63, 3.8) is 0 Å². The highest BCUT2D eigenvalue weighted by Crippen LogP contribution is 2.32. The van der Waals surface area contributed by atoms with E-state index in [1.807, 2.05) is 60.7 Å². The van der Waals surface area contributed by atoms with E-state index in [9.17, 15) is 0 Å². The first kappa shape index (κ1) is 11.5. The van der Waals surface area contributed by atoms with Crippen molar-refractivity contribution in [2.45, 2.75) is 0 Å². The molecule has 2 aromatic rings. The molecule has 2 heterocycles. The summed E-state index contributed by atoms with van der Waals surface area (Å²) in [4.78, 5) is 4.21. The Morgan fingerprint density at radius 2 is 1.84 bits per heavy atom. The van der Waals surface area contributed by atoms with Crippen molar-refractivity contribution in [3.05, 3.63) is 66.0 Å². The van der Waals surface area contributed by atoms with Gasteiger partial charge in [0.2, 0.25) is 6.79 Å². The first-order chi connectivity index (χ1) is 9.42. The molecule has 0 spiro atoms. The van der Waals surface area contributed by atoms with Crippen LogP contribution < -0.4 is 9.47 Å². The predicted octanol–water partition coefficient (Wildman–Crippen LogP) is 3.54.